The first kappa shape index (κ1) is 22.2. The molecule has 7 nitrogen and oxygen atoms in total. The van der Waals surface area contributed by atoms with Crippen LogP contribution in [0.2, 0.25) is 0 Å². The van der Waals surface area contributed by atoms with Gasteiger partial charge in [0.2, 0.25) is 10.0 Å². The first-order valence-corrected chi connectivity index (χ1v) is 12.1. The summed E-state index contributed by atoms with van der Waals surface area (Å²) in [5, 5.41) is 2.88. The summed E-state index contributed by atoms with van der Waals surface area (Å²) >= 11 is 0. The molecular weight excluding hydrogens is 390 g/mol. The predicted molar refractivity (Wildman–Crippen MR) is 112 cm³/mol. The number of anilines is 1. The Morgan fingerprint density at radius 2 is 1.69 bits per heavy atom. The number of hydrogen-bond acceptors (Lipinski definition) is 4. The van der Waals surface area contributed by atoms with Crippen molar-refractivity contribution in [2.24, 2.45) is 0 Å². The molecule has 0 radical (unpaired) electrons. The lowest BCUT2D eigenvalue weighted by molar-refractivity contribution is -0.907. The van der Waals surface area contributed by atoms with Gasteiger partial charge in [0.05, 0.1) is 4.90 Å². The van der Waals surface area contributed by atoms with Crippen LogP contribution < -0.4 is 10.2 Å². The van der Waals surface area contributed by atoms with Crippen LogP contribution in [0.25, 0.3) is 0 Å². The van der Waals surface area contributed by atoms with E-state index in [-0.39, 0.29) is 29.1 Å². The highest BCUT2D eigenvalue weighted by atomic mass is 32.2. The zero-order chi connectivity index (χ0) is 21.0. The molecule has 0 bridgehead atoms. The molecule has 1 aromatic rings. The Kier molecular flexibility index (Phi) is 7.32. The van der Waals surface area contributed by atoms with Gasteiger partial charge < -0.3 is 15.0 Å². The summed E-state index contributed by atoms with van der Waals surface area (Å²) in [6, 6.07) is 6.57. The maximum atomic E-state index is 12.9. The third-order valence-electron chi connectivity index (χ3n) is 5.93. The fourth-order valence-corrected chi connectivity index (χ4v) is 5.90. The van der Waals surface area contributed by atoms with Crippen LogP contribution in [0.5, 0.6) is 0 Å². The number of hydrogen-bond donors (Lipinski definition) is 2. The average Bonchev–Trinajstić information content (AvgIpc) is 2.67. The Labute approximate surface area is 174 Å². The van der Waals surface area contributed by atoms with Gasteiger partial charge in [-0.2, -0.15) is 4.31 Å². The number of carbonyl (C=O) groups is 1. The summed E-state index contributed by atoms with van der Waals surface area (Å²) in [6.07, 6.45) is 5.48. The highest BCUT2D eigenvalue weighted by Gasteiger charge is 2.29. The molecule has 8 heteroatoms. The maximum absolute atomic E-state index is 12.9. The molecule has 1 heterocycles. The van der Waals surface area contributed by atoms with E-state index in [1.807, 2.05) is 13.8 Å². The fourth-order valence-electron chi connectivity index (χ4n) is 4.48. The van der Waals surface area contributed by atoms with E-state index in [0.29, 0.717) is 12.2 Å². The van der Waals surface area contributed by atoms with Crippen LogP contribution >= 0.6 is 0 Å². The highest BCUT2D eigenvalue weighted by molar-refractivity contribution is 7.89. The molecule has 0 spiro atoms. The lowest BCUT2D eigenvalue weighted by Gasteiger charge is -2.31. The molecule has 2 aliphatic rings. The molecule has 1 aliphatic carbocycles. The van der Waals surface area contributed by atoms with E-state index in [1.54, 1.807) is 31.3 Å². The number of rotatable bonds is 6. The quantitative estimate of drug-likeness (QED) is 0.721. The van der Waals surface area contributed by atoms with E-state index < -0.39 is 10.0 Å². The summed E-state index contributed by atoms with van der Waals surface area (Å²) in [5.74, 6) is -0.0729. The Bertz CT molecular complexity index is 781. The Hall–Kier alpha value is -1.48. The van der Waals surface area contributed by atoms with Gasteiger partial charge in [-0.25, -0.2) is 8.42 Å². The van der Waals surface area contributed by atoms with Crippen molar-refractivity contribution in [3.63, 3.8) is 0 Å². The van der Waals surface area contributed by atoms with Gasteiger partial charge in [-0.05, 0) is 51.0 Å². The molecule has 162 valence electrons. The molecule has 1 saturated heterocycles. The molecule has 2 N–H and O–H groups in total. The number of carbonyl (C=O) groups excluding carboxylic acids is 1. The number of quaternary nitrogens is 1. The number of benzene rings is 1. The lowest BCUT2D eigenvalue weighted by Crippen LogP contribution is -3.16. The Balaban J connectivity index is 1.58. The SMILES string of the molecule is C[C@@H]1C[NH+](CC(=O)Nc2ccc(S(=O)(=O)N(C)C3CCCCC3)cc2)C[C@@H](C)O1. The minimum atomic E-state index is -3.52. The fraction of sp³-hybridized carbons (Fsp3) is 0.667. The number of amides is 1. The molecule has 1 aromatic carbocycles. The monoisotopic (exact) mass is 424 g/mol. The van der Waals surface area contributed by atoms with Gasteiger partial charge in [0.15, 0.2) is 6.54 Å². The molecule has 1 aliphatic heterocycles. The number of nitrogens with one attached hydrogen (secondary N) is 2. The van der Waals surface area contributed by atoms with Crippen LogP contribution in [-0.2, 0) is 19.6 Å². The summed E-state index contributed by atoms with van der Waals surface area (Å²) in [6.45, 7) is 6.04. The summed E-state index contributed by atoms with van der Waals surface area (Å²) in [5.41, 5.74) is 0.614. The first-order valence-electron chi connectivity index (χ1n) is 10.6. The zero-order valence-corrected chi connectivity index (χ0v) is 18.5. The van der Waals surface area contributed by atoms with Crippen LogP contribution in [0.4, 0.5) is 5.69 Å². The molecule has 3 rings (SSSR count). The van der Waals surface area contributed by atoms with E-state index >= 15 is 0 Å². The van der Waals surface area contributed by atoms with E-state index in [1.165, 1.54) is 15.6 Å². The van der Waals surface area contributed by atoms with Crippen molar-refractivity contribution in [2.45, 2.75) is 69.1 Å². The Morgan fingerprint density at radius 3 is 2.28 bits per heavy atom. The van der Waals surface area contributed by atoms with Crippen LogP contribution in [0.1, 0.15) is 46.0 Å². The minimum absolute atomic E-state index is 0.0729. The van der Waals surface area contributed by atoms with E-state index in [9.17, 15) is 13.2 Å². The molecule has 2 fully saturated rings. The van der Waals surface area contributed by atoms with Crippen molar-refractivity contribution in [2.75, 3.05) is 32.0 Å². The molecule has 29 heavy (non-hydrogen) atoms. The van der Waals surface area contributed by atoms with Crippen LogP contribution in [0.3, 0.4) is 0 Å². The van der Waals surface area contributed by atoms with Gasteiger partial charge in [0, 0.05) is 18.8 Å². The van der Waals surface area contributed by atoms with Crippen molar-refractivity contribution < 1.29 is 22.8 Å². The minimum Gasteiger partial charge on any atom is -0.364 e. The number of nitrogens with zero attached hydrogens (tertiary/aromatic N) is 1. The predicted octanol–water partition coefficient (Wildman–Crippen LogP) is 1.27. The van der Waals surface area contributed by atoms with Crippen molar-refractivity contribution in [3.8, 4) is 0 Å². The second-order valence-corrected chi connectivity index (χ2v) is 10.5. The number of morpholine rings is 1. The van der Waals surface area contributed by atoms with Gasteiger partial charge in [0.1, 0.15) is 25.3 Å². The van der Waals surface area contributed by atoms with Crippen LogP contribution in [-0.4, -0.2) is 63.6 Å². The normalized spacial score (nSPS) is 26.4. The topological polar surface area (TPSA) is 80.2 Å². The number of sulfonamides is 1. The van der Waals surface area contributed by atoms with Gasteiger partial charge in [-0.3, -0.25) is 4.79 Å². The standard InChI is InChI=1S/C21H33N3O4S/c1-16-13-24(14-17(2)28-16)15-21(25)22-18-9-11-20(12-10-18)29(26,27)23(3)19-7-5-4-6-8-19/h9-12,16-17,19H,4-8,13-15H2,1-3H3,(H,22,25)/p+1/t16-,17-/m1/s1. The van der Waals surface area contributed by atoms with Gasteiger partial charge in [-0.15, -0.1) is 0 Å². The highest BCUT2D eigenvalue weighted by Crippen LogP contribution is 2.26. The average molecular weight is 425 g/mol. The molecule has 2 atom stereocenters. The van der Waals surface area contributed by atoms with Crippen molar-refractivity contribution in [1.29, 1.82) is 0 Å². The number of ether oxygens (including phenoxy) is 1. The second kappa shape index (κ2) is 9.55. The van der Waals surface area contributed by atoms with Crippen molar-refractivity contribution >= 4 is 21.6 Å². The van der Waals surface area contributed by atoms with Crippen LogP contribution in [0.15, 0.2) is 29.2 Å². The molecular formula is C21H34N3O4S+. The summed E-state index contributed by atoms with van der Waals surface area (Å²) < 4.78 is 33.1. The van der Waals surface area contributed by atoms with Gasteiger partial charge in [-0.1, -0.05) is 19.3 Å². The maximum Gasteiger partial charge on any atom is 0.279 e. The van der Waals surface area contributed by atoms with E-state index in [0.717, 1.165) is 38.8 Å². The van der Waals surface area contributed by atoms with Gasteiger partial charge in [0.25, 0.3) is 5.91 Å². The third-order valence-corrected chi connectivity index (χ3v) is 7.86. The summed E-state index contributed by atoms with van der Waals surface area (Å²) in [4.78, 5) is 13.9. The lowest BCUT2D eigenvalue weighted by atomic mass is 9.96. The second-order valence-electron chi connectivity index (χ2n) is 8.48. The van der Waals surface area contributed by atoms with E-state index in [4.69, 9.17) is 4.74 Å². The van der Waals surface area contributed by atoms with Gasteiger partial charge >= 0.3 is 0 Å². The molecule has 1 amide bonds. The third kappa shape index (κ3) is 5.78. The smallest absolute Gasteiger partial charge is 0.279 e. The largest absolute Gasteiger partial charge is 0.364 e. The Morgan fingerprint density at radius 1 is 1.10 bits per heavy atom. The van der Waals surface area contributed by atoms with Crippen molar-refractivity contribution in [3.05, 3.63) is 24.3 Å². The molecule has 1 saturated carbocycles. The molecule has 0 unspecified atom stereocenters. The van der Waals surface area contributed by atoms with Crippen molar-refractivity contribution in [1.82, 2.24) is 4.31 Å². The molecule has 0 aromatic heterocycles. The zero-order valence-electron chi connectivity index (χ0n) is 17.7. The first-order chi connectivity index (χ1) is 13.8. The van der Waals surface area contributed by atoms with Crippen LogP contribution in [0, 0.1) is 0 Å². The van der Waals surface area contributed by atoms with E-state index in [2.05, 4.69) is 5.32 Å². The summed E-state index contributed by atoms with van der Waals surface area (Å²) in [7, 11) is -1.84.